The summed E-state index contributed by atoms with van der Waals surface area (Å²) in [4.78, 5) is 16.2. The zero-order chi connectivity index (χ0) is 16.1. The number of nitrogens with zero attached hydrogens (tertiary/aromatic N) is 1. The van der Waals surface area contributed by atoms with Crippen molar-refractivity contribution < 1.29 is 9.90 Å². The maximum absolute atomic E-state index is 12.0. The molecule has 0 amide bonds. The van der Waals surface area contributed by atoms with Crippen LogP contribution in [0.3, 0.4) is 0 Å². The molecule has 3 heteroatoms. The molecule has 0 saturated carbocycles. The molecule has 0 aliphatic heterocycles. The Kier molecular flexibility index (Phi) is 4.18. The van der Waals surface area contributed by atoms with Gasteiger partial charge in [0.1, 0.15) is 5.60 Å². The normalized spacial score (nSPS) is 21.3. The van der Waals surface area contributed by atoms with Crippen LogP contribution in [0.4, 0.5) is 0 Å². The average molecular weight is 301 g/mol. The Morgan fingerprint density at radius 3 is 2.65 bits per heavy atom. The molecular weight excluding hydrogens is 286 g/mol. The third kappa shape index (κ3) is 3.45. The lowest BCUT2D eigenvalue weighted by molar-refractivity contribution is -0.111. The fourth-order valence-electron chi connectivity index (χ4n) is 2.37. The molecule has 23 heavy (non-hydrogen) atoms. The Balaban J connectivity index is 1.85. The summed E-state index contributed by atoms with van der Waals surface area (Å²) in [5, 5.41) is 10.8. The van der Waals surface area contributed by atoms with Gasteiger partial charge in [0.2, 0.25) is 0 Å². The van der Waals surface area contributed by atoms with E-state index in [2.05, 4.69) is 16.8 Å². The van der Waals surface area contributed by atoms with E-state index in [-0.39, 0.29) is 12.2 Å². The van der Waals surface area contributed by atoms with E-state index in [4.69, 9.17) is 0 Å². The van der Waals surface area contributed by atoms with Crippen molar-refractivity contribution >= 4 is 11.9 Å². The lowest BCUT2D eigenvalue weighted by atomic mass is 9.92. The zero-order valence-electron chi connectivity index (χ0n) is 12.4. The van der Waals surface area contributed by atoms with Gasteiger partial charge >= 0.3 is 0 Å². The zero-order valence-corrected chi connectivity index (χ0v) is 12.4. The molecule has 1 aliphatic carbocycles. The minimum absolute atomic E-state index is 0.156. The molecule has 0 saturated heterocycles. The smallest absolute Gasteiger partial charge is 0.184 e. The molecule has 0 bridgehead atoms. The van der Waals surface area contributed by atoms with Crippen molar-refractivity contribution in [3.63, 3.8) is 0 Å². The Hall–Kier alpha value is -2.96. The number of aliphatic hydroxyl groups is 1. The van der Waals surface area contributed by atoms with Crippen molar-refractivity contribution in [1.29, 1.82) is 0 Å². The van der Waals surface area contributed by atoms with E-state index < -0.39 is 5.60 Å². The number of aromatic nitrogens is 1. The van der Waals surface area contributed by atoms with Crippen LogP contribution in [0, 0.1) is 11.8 Å². The molecule has 3 rings (SSSR count). The second-order valence-electron chi connectivity index (χ2n) is 5.28. The van der Waals surface area contributed by atoms with Gasteiger partial charge in [0.05, 0.1) is 5.69 Å². The summed E-state index contributed by atoms with van der Waals surface area (Å²) in [5.41, 5.74) is 0.448. The minimum Gasteiger partial charge on any atom is -0.380 e. The maximum atomic E-state index is 12.0. The first-order valence-electron chi connectivity index (χ1n) is 7.30. The van der Waals surface area contributed by atoms with E-state index in [0.717, 1.165) is 5.56 Å². The summed E-state index contributed by atoms with van der Waals surface area (Å²) < 4.78 is 0. The molecule has 1 heterocycles. The second-order valence-corrected chi connectivity index (χ2v) is 5.28. The Bertz CT molecular complexity index is 826. The van der Waals surface area contributed by atoms with Gasteiger partial charge in [0.15, 0.2) is 5.78 Å². The van der Waals surface area contributed by atoms with Crippen LogP contribution in [0.25, 0.3) is 6.08 Å². The van der Waals surface area contributed by atoms with Crippen LogP contribution in [-0.4, -0.2) is 21.5 Å². The average Bonchev–Trinajstić information content (AvgIpc) is 2.86. The van der Waals surface area contributed by atoms with Gasteiger partial charge in [-0.05, 0) is 42.5 Å². The number of carbonyl (C=O) groups is 1. The fourth-order valence-corrected chi connectivity index (χ4v) is 2.37. The Morgan fingerprint density at radius 2 is 1.91 bits per heavy atom. The highest BCUT2D eigenvalue weighted by molar-refractivity contribution is 6.12. The first-order chi connectivity index (χ1) is 11.2. The molecule has 1 aromatic carbocycles. The van der Waals surface area contributed by atoms with Crippen LogP contribution in [0.1, 0.15) is 17.7 Å². The molecule has 112 valence electrons. The molecule has 3 nitrogen and oxygen atoms in total. The molecule has 1 atom stereocenters. The van der Waals surface area contributed by atoms with E-state index in [1.807, 2.05) is 36.4 Å². The molecule has 1 aliphatic rings. The summed E-state index contributed by atoms with van der Waals surface area (Å²) in [5.74, 6) is 5.75. The molecule has 1 unspecified atom stereocenters. The van der Waals surface area contributed by atoms with Gasteiger partial charge in [-0.15, -0.1) is 0 Å². The number of hydrogen-bond acceptors (Lipinski definition) is 3. The molecule has 1 N–H and O–H groups in total. The third-order valence-corrected chi connectivity index (χ3v) is 3.59. The quantitative estimate of drug-likeness (QED) is 0.685. The standard InChI is InChI=1S/C20H15NO2/c22-19-11-13-20(23,12-6-9-16-7-2-1-3-8-16)18(19)15-17-10-4-5-14-21-17/h1-5,7-8,10-11,13-15,23H,12H2/b18-15-. The fraction of sp³-hybridized carbons (Fsp3) is 0.100. The molecule has 0 fully saturated rings. The highest BCUT2D eigenvalue weighted by Gasteiger charge is 2.36. The van der Waals surface area contributed by atoms with E-state index >= 15 is 0 Å². The highest BCUT2D eigenvalue weighted by atomic mass is 16.3. The van der Waals surface area contributed by atoms with E-state index in [1.165, 1.54) is 12.2 Å². The predicted octanol–water partition coefficient (Wildman–Crippen LogP) is 2.78. The van der Waals surface area contributed by atoms with Crippen LogP contribution in [-0.2, 0) is 4.79 Å². The first kappa shape index (κ1) is 15.0. The predicted molar refractivity (Wildman–Crippen MR) is 89.2 cm³/mol. The number of rotatable bonds is 2. The molecule has 0 radical (unpaired) electrons. The number of benzene rings is 1. The third-order valence-electron chi connectivity index (χ3n) is 3.59. The Morgan fingerprint density at radius 1 is 1.13 bits per heavy atom. The van der Waals surface area contributed by atoms with E-state index in [9.17, 15) is 9.90 Å². The Labute approximate surface area is 135 Å². The second kappa shape index (κ2) is 6.43. The maximum Gasteiger partial charge on any atom is 0.184 e. The number of ketones is 1. The van der Waals surface area contributed by atoms with Crippen molar-refractivity contribution in [2.75, 3.05) is 0 Å². The highest BCUT2D eigenvalue weighted by Crippen LogP contribution is 2.30. The van der Waals surface area contributed by atoms with Crippen molar-refractivity contribution in [1.82, 2.24) is 4.98 Å². The summed E-state index contributed by atoms with van der Waals surface area (Å²) in [6, 6.07) is 15.0. The molecule has 2 aromatic rings. The van der Waals surface area contributed by atoms with Gasteiger partial charge < -0.3 is 5.11 Å². The van der Waals surface area contributed by atoms with Crippen LogP contribution >= 0.6 is 0 Å². The van der Waals surface area contributed by atoms with Crippen molar-refractivity contribution in [3.05, 3.63) is 83.7 Å². The van der Waals surface area contributed by atoms with Crippen molar-refractivity contribution in [2.24, 2.45) is 0 Å². The van der Waals surface area contributed by atoms with Gasteiger partial charge in [0.25, 0.3) is 0 Å². The van der Waals surface area contributed by atoms with Gasteiger partial charge in [-0.2, -0.15) is 0 Å². The largest absolute Gasteiger partial charge is 0.380 e. The first-order valence-corrected chi connectivity index (χ1v) is 7.30. The number of carbonyl (C=O) groups excluding carboxylic acids is 1. The van der Waals surface area contributed by atoms with E-state index in [1.54, 1.807) is 24.4 Å². The topological polar surface area (TPSA) is 50.2 Å². The minimum atomic E-state index is -1.36. The lowest BCUT2D eigenvalue weighted by Crippen LogP contribution is -2.27. The summed E-state index contributed by atoms with van der Waals surface area (Å²) in [6.45, 7) is 0. The van der Waals surface area contributed by atoms with Crippen LogP contribution < -0.4 is 0 Å². The number of allylic oxidation sites excluding steroid dienone is 1. The van der Waals surface area contributed by atoms with Crippen LogP contribution in [0.2, 0.25) is 0 Å². The van der Waals surface area contributed by atoms with Crippen molar-refractivity contribution in [2.45, 2.75) is 12.0 Å². The van der Waals surface area contributed by atoms with Gasteiger partial charge in [-0.3, -0.25) is 9.78 Å². The van der Waals surface area contributed by atoms with Gasteiger partial charge in [0, 0.05) is 23.8 Å². The summed E-state index contributed by atoms with van der Waals surface area (Å²) in [7, 11) is 0. The molecule has 0 spiro atoms. The number of pyridine rings is 1. The molecule has 1 aromatic heterocycles. The summed E-state index contributed by atoms with van der Waals surface area (Å²) >= 11 is 0. The van der Waals surface area contributed by atoms with Crippen LogP contribution in [0.5, 0.6) is 0 Å². The van der Waals surface area contributed by atoms with Crippen molar-refractivity contribution in [3.8, 4) is 11.8 Å². The van der Waals surface area contributed by atoms with Crippen LogP contribution in [0.15, 0.2) is 72.5 Å². The number of hydrogen-bond donors (Lipinski definition) is 1. The van der Waals surface area contributed by atoms with Gasteiger partial charge in [-0.1, -0.05) is 36.1 Å². The summed E-state index contributed by atoms with van der Waals surface area (Å²) in [6.07, 6.45) is 6.31. The monoisotopic (exact) mass is 301 g/mol. The molecular formula is C20H15NO2. The van der Waals surface area contributed by atoms with E-state index in [0.29, 0.717) is 11.3 Å². The van der Waals surface area contributed by atoms with Gasteiger partial charge in [-0.25, -0.2) is 0 Å². The lowest BCUT2D eigenvalue weighted by Gasteiger charge is -2.19. The SMILES string of the molecule is O=C1C=CC(O)(CC#Cc2ccccc2)/C1=C\c1ccccn1.